The molecule has 2 aromatic rings. The van der Waals surface area contributed by atoms with E-state index in [0.29, 0.717) is 25.9 Å². The van der Waals surface area contributed by atoms with Crippen LogP contribution in [0, 0.1) is 12.8 Å². The second-order valence-corrected chi connectivity index (χ2v) is 10.8. The van der Waals surface area contributed by atoms with Gasteiger partial charge in [-0.05, 0) is 63.1 Å². The van der Waals surface area contributed by atoms with E-state index in [0.717, 1.165) is 16.7 Å². The molecule has 0 heterocycles. The summed E-state index contributed by atoms with van der Waals surface area (Å²) in [5.41, 5.74) is 1.95. The molecule has 0 fully saturated rings. The molecule has 0 aliphatic rings. The van der Waals surface area contributed by atoms with Crippen LogP contribution < -0.4 is 10.6 Å². The lowest BCUT2D eigenvalue weighted by atomic mass is 9.96. The van der Waals surface area contributed by atoms with Crippen LogP contribution in [-0.4, -0.2) is 41.0 Å². The number of nitrogens with one attached hydrogen (secondary N) is 2. The van der Waals surface area contributed by atoms with Gasteiger partial charge in [-0.3, -0.25) is 9.59 Å². The summed E-state index contributed by atoms with van der Waals surface area (Å²) < 4.78 is 5.44. The molecule has 37 heavy (non-hydrogen) atoms. The Kier molecular flexibility index (Phi) is 11.2. The van der Waals surface area contributed by atoms with E-state index >= 15 is 0 Å². The Morgan fingerprint density at radius 2 is 1.59 bits per heavy atom. The molecule has 7 nitrogen and oxygen atoms in total. The van der Waals surface area contributed by atoms with Gasteiger partial charge in [0.15, 0.2) is 0 Å². The van der Waals surface area contributed by atoms with Gasteiger partial charge in [0.05, 0.1) is 0 Å². The Morgan fingerprint density at radius 3 is 2.16 bits per heavy atom. The number of hydrogen-bond acceptors (Lipinski definition) is 4. The predicted octanol–water partition coefficient (Wildman–Crippen LogP) is 5.53. The van der Waals surface area contributed by atoms with Crippen molar-refractivity contribution in [2.45, 2.75) is 85.5 Å². The Hall–Kier alpha value is -3.35. The lowest BCUT2D eigenvalue weighted by Crippen LogP contribution is -2.53. The molecule has 2 unspecified atom stereocenters. The number of benzene rings is 2. The Bertz CT molecular complexity index is 1030. The number of carbonyl (C=O) groups excluding carboxylic acids is 3. The second-order valence-electron chi connectivity index (χ2n) is 10.8. The van der Waals surface area contributed by atoms with Crippen LogP contribution in [0.25, 0.3) is 0 Å². The highest BCUT2D eigenvalue weighted by Gasteiger charge is 2.36. The van der Waals surface area contributed by atoms with Crippen LogP contribution in [-0.2, 0) is 20.9 Å². The standard InChI is InChI=1S/C30H43N3O4/c1-8-18-33(28(35)25(19-21(2)3)32-29(36)37-30(5,6)7)26(24-17-13-12-14-22(24)4)27(34)31-20-23-15-10-9-11-16-23/h9-17,21,25-26H,8,18-20H2,1-7H3,(H,31,34)(H,32,36). The maximum atomic E-state index is 14.1. The van der Waals surface area contributed by atoms with E-state index in [4.69, 9.17) is 4.74 Å². The molecule has 2 N–H and O–H groups in total. The number of rotatable bonds is 11. The zero-order valence-electron chi connectivity index (χ0n) is 23.3. The molecule has 2 atom stereocenters. The molecule has 7 heteroatoms. The average Bonchev–Trinajstić information content (AvgIpc) is 2.82. The van der Waals surface area contributed by atoms with Crippen LogP contribution >= 0.6 is 0 Å². The highest BCUT2D eigenvalue weighted by atomic mass is 16.6. The lowest BCUT2D eigenvalue weighted by Gasteiger charge is -2.35. The quantitative estimate of drug-likeness (QED) is 0.417. The average molecular weight is 510 g/mol. The molecule has 2 rings (SSSR count). The van der Waals surface area contributed by atoms with Crippen LogP contribution in [0.2, 0.25) is 0 Å². The highest BCUT2D eigenvalue weighted by Crippen LogP contribution is 2.27. The zero-order valence-corrected chi connectivity index (χ0v) is 23.3. The first kappa shape index (κ1) is 29.9. The fourth-order valence-electron chi connectivity index (χ4n) is 4.18. The maximum absolute atomic E-state index is 14.1. The van der Waals surface area contributed by atoms with Crippen molar-refractivity contribution in [2.75, 3.05) is 6.54 Å². The number of carbonyl (C=O) groups is 3. The monoisotopic (exact) mass is 509 g/mol. The first-order chi connectivity index (χ1) is 17.4. The van der Waals surface area contributed by atoms with Crippen molar-refractivity contribution in [3.05, 3.63) is 71.3 Å². The second kappa shape index (κ2) is 13.8. The molecular formula is C30H43N3O4. The largest absolute Gasteiger partial charge is 0.444 e. The Labute approximate surface area is 222 Å². The predicted molar refractivity (Wildman–Crippen MR) is 147 cm³/mol. The third kappa shape index (κ3) is 9.56. The minimum Gasteiger partial charge on any atom is -0.444 e. The number of aryl methyl sites for hydroxylation is 1. The highest BCUT2D eigenvalue weighted by molar-refractivity contribution is 5.92. The first-order valence-corrected chi connectivity index (χ1v) is 13.1. The van der Waals surface area contributed by atoms with Crippen LogP contribution in [0.4, 0.5) is 4.79 Å². The molecular weight excluding hydrogens is 466 g/mol. The molecule has 0 saturated heterocycles. The third-order valence-corrected chi connectivity index (χ3v) is 5.80. The summed E-state index contributed by atoms with van der Waals surface area (Å²) in [5.74, 6) is -0.429. The summed E-state index contributed by atoms with van der Waals surface area (Å²) in [5, 5.41) is 5.80. The fraction of sp³-hybridized carbons (Fsp3) is 0.500. The van der Waals surface area contributed by atoms with E-state index < -0.39 is 23.8 Å². The normalized spacial score (nSPS) is 13.0. The topological polar surface area (TPSA) is 87.7 Å². The molecule has 0 radical (unpaired) electrons. The van der Waals surface area contributed by atoms with Gasteiger partial charge in [-0.25, -0.2) is 4.79 Å². The summed E-state index contributed by atoms with van der Waals surface area (Å²) >= 11 is 0. The number of alkyl carbamates (subject to hydrolysis) is 1. The Morgan fingerprint density at radius 1 is 0.973 bits per heavy atom. The van der Waals surface area contributed by atoms with Crippen molar-refractivity contribution >= 4 is 17.9 Å². The molecule has 0 bridgehead atoms. The number of amides is 3. The maximum Gasteiger partial charge on any atom is 0.408 e. The molecule has 0 spiro atoms. The van der Waals surface area contributed by atoms with E-state index in [1.165, 1.54) is 0 Å². The summed E-state index contributed by atoms with van der Waals surface area (Å²) in [4.78, 5) is 42.0. The number of hydrogen-bond donors (Lipinski definition) is 2. The van der Waals surface area contributed by atoms with Gasteiger partial charge >= 0.3 is 6.09 Å². The van der Waals surface area contributed by atoms with E-state index in [1.54, 1.807) is 25.7 Å². The van der Waals surface area contributed by atoms with Gasteiger partial charge in [-0.1, -0.05) is 75.4 Å². The van der Waals surface area contributed by atoms with Crippen LogP contribution in [0.3, 0.4) is 0 Å². The van der Waals surface area contributed by atoms with Crippen molar-refractivity contribution in [3.8, 4) is 0 Å². The van der Waals surface area contributed by atoms with Crippen LogP contribution in [0.5, 0.6) is 0 Å². The van der Waals surface area contributed by atoms with Gasteiger partial charge in [-0.2, -0.15) is 0 Å². The Balaban J connectivity index is 2.43. The van der Waals surface area contributed by atoms with E-state index in [9.17, 15) is 14.4 Å². The zero-order chi connectivity index (χ0) is 27.6. The summed E-state index contributed by atoms with van der Waals surface area (Å²) in [7, 11) is 0. The number of nitrogens with zero attached hydrogens (tertiary/aromatic N) is 1. The van der Waals surface area contributed by atoms with Crippen LogP contribution in [0.15, 0.2) is 54.6 Å². The minimum absolute atomic E-state index is 0.135. The summed E-state index contributed by atoms with van der Waals surface area (Å²) in [6, 6.07) is 15.6. The number of ether oxygens (including phenoxy) is 1. The lowest BCUT2D eigenvalue weighted by molar-refractivity contribution is -0.143. The van der Waals surface area contributed by atoms with Gasteiger partial charge in [0, 0.05) is 13.1 Å². The van der Waals surface area contributed by atoms with E-state index in [2.05, 4.69) is 10.6 Å². The van der Waals surface area contributed by atoms with Crippen molar-refractivity contribution in [3.63, 3.8) is 0 Å². The molecule has 0 aliphatic heterocycles. The van der Waals surface area contributed by atoms with Crippen LogP contribution in [0.1, 0.15) is 77.1 Å². The van der Waals surface area contributed by atoms with Gasteiger partial charge in [0.2, 0.25) is 11.8 Å². The summed E-state index contributed by atoms with van der Waals surface area (Å²) in [6.07, 6.45) is 0.426. The fourth-order valence-corrected chi connectivity index (χ4v) is 4.18. The molecule has 202 valence electrons. The summed E-state index contributed by atoms with van der Waals surface area (Å²) in [6.45, 7) is 13.9. The molecule has 0 saturated carbocycles. The minimum atomic E-state index is -0.840. The first-order valence-electron chi connectivity index (χ1n) is 13.1. The SMILES string of the molecule is CCCN(C(=O)C(CC(C)C)NC(=O)OC(C)(C)C)C(C(=O)NCc1ccccc1)c1ccccc1C. The van der Waals surface area contributed by atoms with Gasteiger partial charge in [0.1, 0.15) is 17.7 Å². The smallest absolute Gasteiger partial charge is 0.408 e. The van der Waals surface area contributed by atoms with Crippen molar-refractivity contribution < 1.29 is 19.1 Å². The van der Waals surface area contributed by atoms with Gasteiger partial charge in [0.25, 0.3) is 0 Å². The van der Waals surface area contributed by atoms with Gasteiger partial charge < -0.3 is 20.3 Å². The van der Waals surface area contributed by atoms with Gasteiger partial charge in [-0.15, -0.1) is 0 Å². The van der Waals surface area contributed by atoms with E-state index in [1.807, 2.05) is 82.3 Å². The molecule has 3 amide bonds. The molecule has 0 aliphatic carbocycles. The molecule has 2 aromatic carbocycles. The van der Waals surface area contributed by atoms with Crippen molar-refractivity contribution in [2.24, 2.45) is 5.92 Å². The van der Waals surface area contributed by atoms with Crippen molar-refractivity contribution in [1.82, 2.24) is 15.5 Å². The van der Waals surface area contributed by atoms with E-state index in [-0.39, 0.29) is 17.7 Å². The third-order valence-electron chi connectivity index (χ3n) is 5.80. The molecule has 0 aromatic heterocycles. The van der Waals surface area contributed by atoms with Crippen molar-refractivity contribution in [1.29, 1.82) is 0 Å².